The molecule has 0 aromatic heterocycles. The first-order chi connectivity index (χ1) is 7.68. The number of amides is 1. The van der Waals surface area contributed by atoms with E-state index in [4.69, 9.17) is 5.73 Å². The van der Waals surface area contributed by atoms with E-state index in [2.05, 4.69) is 29.6 Å². The van der Waals surface area contributed by atoms with Crippen LogP contribution in [0.4, 0.5) is 0 Å². The number of hydrogen-bond acceptors (Lipinski definition) is 2. The van der Waals surface area contributed by atoms with Crippen LogP contribution in [0.3, 0.4) is 0 Å². The Morgan fingerprint density at radius 3 is 2.81 bits per heavy atom. The van der Waals surface area contributed by atoms with Crippen molar-refractivity contribution in [3.05, 3.63) is 35.9 Å². The molecule has 0 spiro atoms. The fourth-order valence-electron chi connectivity index (χ4n) is 2.01. The number of benzene rings is 1. The second-order valence-corrected chi connectivity index (χ2v) is 4.55. The predicted octanol–water partition coefficient (Wildman–Crippen LogP) is 1.25. The summed E-state index contributed by atoms with van der Waals surface area (Å²) in [5.41, 5.74) is 6.59. The van der Waals surface area contributed by atoms with Gasteiger partial charge in [-0.05, 0) is 37.3 Å². The van der Waals surface area contributed by atoms with Crippen LogP contribution < -0.4 is 11.1 Å². The van der Waals surface area contributed by atoms with Crippen LogP contribution in [-0.2, 0) is 4.79 Å². The Morgan fingerprint density at radius 1 is 1.50 bits per heavy atom. The molecule has 2 rings (SSSR count). The van der Waals surface area contributed by atoms with Gasteiger partial charge in [0.1, 0.15) is 0 Å². The maximum absolute atomic E-state index is 10.8. The molecule has 3 nitrogen and oxygen atoms in total. The van der Waals surface area contributed by atoms with Crippen molar-refractivity contribution in [1.82, 2.24) is 5.32 Å². The van der Waals surface area contributed by atoms with E-state index in [0.29, 0.717) is 11.8 Å². The molecule has 3 heteroatoms. The van der Waals surface area contributed by atoms with Gasteiger partial charge in [0.05, 0.1) is 6.04 Å². The number of carbonyl (C=O) groups is 1. The van der Waals surface area contributed by atoms with Crippen molar-refractivity contribution in [1.29, 1.82) is 0 Å². The molecule has 1 fully saturated rings. The van der Waals surface area contributed by atoms with Crippen molar-refractivity contribution in [2.75, 3.05) is 6.54 Å². The van der Waals surface area contributed by atoms with Crippen molar-refractivity contribution in [2.45, 2.75) is 25.3 Å². The SMILES string of the molecule is CC(NCC1CC1c1ccccc1)C(N)=O. The van der Waals surface area contributed by atoms with Crippen LogP contribution in [0.25, 0.3) is 0 Å². The van der Waals surface area contributed by atoms with Crippen molar-refractivity contribution in [3.63, 3.8) is 0 Å². The minimum absolute atomic E-state index is 0.225. The third kappa shape index (κ3) is 2.61. The lowest BCUT2D eigenvalue weighted by atomic mass is 10.1. The first-order valence-corrected chi connectivity index (χ1v) is 5.76. The molecule has 1 aliphatic rings. The van der Waals surface area contributed by atoms with E-state index in [1.807, 2.05) is 13.0 Å². The highest BCUT2D eigenvalue weighted by atomic mass is 16.1. The fourth-order valence-corrected chi connectivity index (χ4v) is 2.01. The summed E-state index contributed by atoms with van der Waals surface area (Å²) < 4.78 is 0. The number of rotatable bonds is 5. The van der Waals surface area contributed by atoms with E-state index >= 15 is 0 Å². The number of primary amides is 1. The lowest BCUT2D eigenvalue weighted by Crippen LogP contribution is -2.39. The summed E-state index contributed by atoms with van der Waals surface area (Å²) >= 11 is 0. The smallest absolute Gasteiger partial charge is 0.234 e. The van der Waals surface area contributed by atoms with Crippen molar-refractivity contribution in [3.8, 4) is 0 Å². The van der Waals surface area contributed by atoms with Crippen LogP contribution in [0.15, 0.2) is 30.3 Å². The Bertz CT molecular complexity index is 363. The highest BCUT2D eigenvalue weighted by Crippen LogP contribution is 2.46. The molecule has 0 saturated heterocycles. The monoisotopic (exact) mass is 218 g/mol. The Kier molecular flexibility index (Phi) is 3.25. The normalized spacial score (nSPS) is 25.1. The Morgan fingerprint density at radius 2 is 2.19 bits per heavy atom. The number of nitrogens with one attached hydrogen (secondary N) is 1. The van der Waals surface area contributed by atoms with Gasteiger partial charge in [-0.25, -0.2) is 0 Å². The molecule has 0 bridgehead atoms. The summed E-state index contributed by atoms with van der Waals surface area (Å²) in [7, 11) is 0. The van der Waals surface area contributed by atoms with E-state index in [9.17, 15) is 4.79 Å². The molecule has 0 aliphatic heterocycles. The summed E-state index contributed by atoms with van der Waals surface area (Å²) in [5, 5.41) is 3.17. The van der Waals surface area contributed by atoms with E-state index in [0.717, 1.165) is 6.54 Å². The zero-order valence-electron chi connectivity index (χ0n) is 9.52. The van der Waals surface area contributed by atoms with Crippen molar-refractivity contribution >= 4 is 5.91 Å². The maximum Gasteiger partial charge on any atom is 0.234 e. The average Bonchev–Trinajstić information content (AvgIpc) is 3.06. The van der Waals surface area contributed by atoms with Gasteiger partial charge >= 0.3 is 0 Å². The van der Waals surface area contributed by atoms with Crippen LogP contribution >= 0.6 is 0 Å². The first kappa shape index (κ1) is 11.1. The van der Waals surface area contributed by atoms with E-state index in [1.54, 1.807) is 0 Å². The fraction of sp³-hybridized carbons (Fsp3) is 0.462. The summed E-state index contributed by atoms with van der Waals surface area (Å²) in [5.74, 6) is 1.04. The quantitative estimate of drug-likeness (QED) is 0.781. The van der Waals surface area contributed by atoms with Gasteiger partial charge in [-0.1, -0.05) is 30.3 Å². The molecule has 1 aromatic rings. The van der Waals surface area contributed by atoms with Crippen LogP contribution in [0.1, 0.15) is 24.8 Å². The van der Waals surface area contributed by atoms with Crippen molar-refractivity contribution in [2.24, 2.45) is 11.7 Å². The van der Waals surface area contributed by atoms with Crippen LogP contribution in [-0.4, -0.2) is 18.5 Å². The van der Waals surface area contributed by atoms with E-state index in [1.165, 1.54) is 12.0 Å². The van der Waals surface area contributed by atoms with Gasteiger partial charge in [0.25, 0.3) is 0 Å². The van der Waals surface area contributed by atoms with E-state index in [-0.39, 0.29) is 11.9 Å². The third-order valence-corrected chi connectivity index (χ3v) is 3.26. The molecular formula is C13H18N2O. The van der Waals surface area contributed by atoms with Gasteiger partial charge in [-0.15, -0.1) is 0 Å². The maximum atomic E-state index is 10.8. The average molecular weight is 218 g/mol. The summed E-state index contributed by atoms with van der Waals surface area (Å²) in [4.78, 5) is 10.8. The molecular weight excluding hydrogens is 200 g/mol. The minimum atomic E-state index is -0.281. The Labute approximate surface area is 96.0 Å². The zero-order valence-corrected chi connectivity index (χ0v) is 9.52. The molecule has 1 aromatic carbocycles. The van der Waals surface area contributed by atoms with Crippen LogP contribution in [0.5, 0.6) is 0 Å². The molecule has 0 heterocycles. The lowest BCUT2D eigenvalue weighted by Gasteiger charge is -2.09. The molecule has 0 radical (unpaired) electrons. The predicted molar refractivity (Wildman–Crippen MR) is 63.9 cm³/mol. The highest BCUT2D eigenvalue weighted by Gasteiger charge is 2.37. The largest absolute Gasteiger partial charge is 0.368 e. The molecule has 86 valence electrons. The van der Waals surface area contributed by atoms with Gasteiger partial charge < -0.3 is 11.1 Å². The summed E-state index contributed by atoms with van der Waals surface area (Å²) in [6, 6.07) is 10.3. The molecule has 3 atom stereocenters. The first-order valence-electron chi connectivity index (χ1n) is 5.76. The molecule has 3 unspecified atom stereocenters. The number of carbonyl (C=O) groups excluding carboxylic acids is 1. The lowest BCUT2D eigenvalue weighted by molar-refractivity contribution is -0.119. The molecule has 1 aliphatic carbocycles. The summed E-state index contributed by atoms with van der Waals surface area (Å²) in [6.45, 7) is 2.69. The number of nitrogens with two attached hydrogens (primary N) is 1. The zero-order chi connectivity index (χ0) is 11.5. The Hall–Kier alpha value is -1.35. The minimum Gasteiger partial charge on any atom is -0.368 e. The molecule has 3 N–H and O–H groups in total. The molecule has 1 saturated carbocycles. The molecule has 16 heavy (non-hydrogen) atoms. The van der Waals surface area contributed by atoms with E-state index < -0.39 is 0 Å². The second-order valence-electron chi connectivity index (χ2n) is 4.55. The number of hydrogen-bond donors (Lipinski definition) is 2. The van der Waals surface area contributed by atoms with Gasteiger partial charge in [-0.2, -0.15) is 0 Å². The molecule has 1 amide bonds. The Balaban J connectivity index is 1.78. The van der Waals surface area contributed by atoms with Crippen LogP contribution in [0, 0.1) is 5.92 Å². The van der Waals surface area contributed by atoms with Crippen molar-refractivity contribution < 1.29 is 4.79 Å². The third-order valence-electron chi connectivity index (χ3n) is 3.26. The van der Waals surface area contributed by atoms with Gasteiger partial charge in [-0.3, -0.25) is 4.79 Å². The topological polar surface area (TPSA) is 55.1 Å². The van der Waals surface area contributed by atoms with Gasteiger partial charge in [0, 0.05) is 0 Å². The second kappa shape index (κ2) is 4.66. The van der Waals surface area contributed by atoms with Gasteiger partial charge in [0.15, 0.2) is 0 Å². The van der Waals surface area contributed by atoms with Gasteiger partial charge in [0.2, 0.25) is 5.91 Å². The summed E-state index contributed by atoms with van der Waals surface area (Å²) in [6.07, 6.45) is 1.21. The van der Waals surface area contributed by atoms with Crippen LogP contribution in [0.2, 0.25) is 0 Å². The highest BCUT2D eigenvalue weighted by molar-refractivity contribution is 5.79. The standard InChI is InChI=1S/C13H18N2O/c1-9(13(14)16)15-8-11-7-12(11)10-5-3-2-4-6-10/h2-6,9,11-12,15H,7-8H2,1H3,(H2,14,16).